The molecule has 2 aromatic rings. The zero-order valence-corrected chi connectivity index (χ0v) is 15.1. The summed E-state index contributed by atoms with van der Waals surface area (Å²) in [7, 11) is 0. The van der Waals surface area contributed by atoms with Crippen LogP contribution in [0.4, 0.5) is 5.69 Å². The molecule has 0 aliphatic carbocycles. The van der Waals surface area contributed by atoms with E-state index < -0.39 is 0 Å². The summed E-state index contributed by atoms with van der Waals surface area (Å²) in [5.41, 5.74) is 4.87. The van der Waals surface area contributed by atoms with E-state index in [4.69, 9.17) is 12.2 Å². The summed E-state index contributed by atoms with van der Waals surface area (Å²) >= 11 is 8.59. The van der Waals surface area contributed by atoms with Crippen molar-refractivity contribution in [2.75, 3.05) is 5.32 Å². The van der Waals surface area contributed by atoms with Gasteiger partial charge in [-0.05, 0) is 62.3 Å². The standard InChI is InChI=1S/C17H17BrN2OS/c1-10-7-11(2)15(12(3)8-10)19-17(22)20-16(21)13-5-4-6-14(18)9-13/h4-9H,1-3H3,(H2,19,20,21,22). The van der Waals surface area contributed by atoms with E-state index in [9.17, 15) is 4.79 Å². The molecule has 0 heterocycles. The number of halogens is 1. The van der Waals surface area contributed by atoms with Gasteiger partial charge in [0.25, 0.3) is 5.91 Å². The summed E-state index contributed by atoms with van der Waals surface area (Å²) in [6, 6.07) is 11.3. The van der Waals surface area contributed by atoms with Crippen molar-refractivity contribution < 1.29 is 4.79 Å². The molecule has 0 saturated carbocycles. The van der Waals surface area contributed by atoms with E-state index in [2.05, 4.69) is 45.6 Å². The first kappa shape index (κ1) is 16.6. The molecule has 0 unspecified atom stereocenters. The van der Waals surface area contributed by atoms with E-state index in [0.29, 0.717) is 10.7 Å². The van der Waals surface area contributed by atoms with Gasteiger partial charge in [-0.25, -0.2) is 0 Å². The van der Waals surface area contributed by atoms with Crippen LogP contribution >= 0.6 is 28.1 Å². The number of carbonyl (C=O) groups is 1. The number of carbonyl (C=O) groups excluding carboxylic acids is 1. The van der Waals surface area contributed by atoms with E-state index in [1.54, 1.807) is 12.1 Å². The van der Waals surface area contributed by atoms with Crippen LogP contribution in [0.5, 0.6) is 0 Å². The normalized spacial score (nSPS) is 10.2. The molecule has 0 aliphatic rings. The number of anilines is 1. The molecule has 1 amide bonds. The number of aryl methyl sites for hydroxylation is 3. The number of amides is 1. The fourth-order valence-corrected chi connectivity index (χ4v) is 2.92. The highest BCUT2D eigenvalue weighted by Crippen LogP contribution is 2.21. The first-order valence-corrected chi connectivity index (χ1v) is 8.02. The Bertz CT molecular complexity index is 720. The van der Waals surface area contributed by atoms with Crippen molar-refractivity contribution in [2.45, 2.75) is 20.8 Å². The fourth-order valence-electron chi connectivity index (χ4n) is 2.33. The Kier molecular flexibility index (Phi) is 5.32. The summed E-state index contributed by atoms with van der Waals surface area (Å²) in [6.45, 7) is 6.08. The molecular formula is C17H17BrN2OS. The Hall–Kier alpha value is -1.72. The van der Waals surface area contributed by atoms with Gasteiger partial charge in [0.1, 0.15) is 0 Å². The van der Waals surface area contributed by atoms with Gasteiger partial charge in [0.15, 0.2) is 5.11 Å². The fraction of sp³-hybridized carbons (Fsp3) is 0.176. The third-order valence-corrected chi connectivity index (χ3v) is 3.93. The molecule has 22 heavy (non-hydrogen) atoms. The molecule has 2 N–H and O–H groups in total. The van der Waals surface area contributed by atoms with Crippen molar-refractivity contribution >= 4 is 44.9 Å². The Morgan fingerprint density at radius 2 is 1.73 bits per heavy atom. The summed E-state index contributed by atoms with van der Waals surface area (Å²) in [5, 5.41) is 6.10. The predicted molar refractivity (Wildman–Crippen MR) is 98.5 cm³/mol. The minimum Gasteiger partial charge on any atom is -0.332 e. The maximum absolute atomic E-state index is 12.2. The molecule has 2 rings (SSSR count). The Balaban J connectivity index is 2.09. The second-order valence-electron chi connectivity index (χ2n) is 5.19. The first-order valence-electron chi connectivity index (χ1n) is 6.82. The number of benzene rings is 2. The highest BCUT2D eigenvalue weighted by molar-refractivity contribution is 9.10. The highest BCUT2D eigenvalue weighted by Gasteiger charge is 2.10. The molecule has 0 aliphatic heterocycles. The SMILES string of the molecule is Cc1cc(C)c(NC(=S)NC(=O)c2cccc(Br)c2)c(C)c1. The van der Waals surface area contributed by atoms with Crippen LogP contribution in [0.3, 0.4) is 0 Å². The van der Waals surface area contributed by atoms with Crippen LogP contribution in [-0.2, 0) is 0 Å². The van der Waals surface area contributed by atoms with Crippen molar-refractivity contribution in [3.63, 3.8) is 0 Å². The zero-order valence-electron chi connectivity index (χ0n) is 12.7. The summed E-state index contributed by atoms with van der Waals surface area (Å²) in [4.78, 5) is 12.2. The summed E-state index contributed by atoms with van der Waals surface area (Å²) < 4.78 is 0.851. The van der Waals surface area contributed by atoms with Crippen molar-refractivity contribution in [3.8, 4) is 0 Å². The Morgan fingerprint density at radius 1 is 1.09 bits per heavy atom. The van der Waals surface area contributed by atoms with Crippen LogP contribution in [0.15, 0.2) is 40.9 Å². The average Bonchev–Trinajstić information content (AvgIpc) is 2.42. The molecule has 0 spiro atoms. The maximum Gasteiger partial charge on any atom is 0.257 e. The van der Waals surface area contributed by atoms with Crippen LogP contribution in [0.25, 0.3) is 0 Å². The number of thiocarbonyl (C=S) groups is 1. The van der Waals surface area contributed by atoms with Gasteiger partial charge in [0.2, 0.25) is 0 Å². The Labute approximate surface area is 144 Å². The van der Waals surface area contributed by atoms with E-state index in [0.717, 1.165) is 21.3 Å². The second kappa shape index (κ2) is 7.03. The van der Waals surface area contributed by atoms with Crippen LogP contribution in [0, 0.1) is 20.8 Å². The van der Waals surface area contributed by atoms with E-state index in [-0.39, 0.29) is 5.91 Å². The largest absolute Gasteiger partial charge is 0.332 e. The second-order valence-corrected chi connectivity index (χ2v) is 6.52. The molecule has 114 valence electrons. The number of nitrogens with one attached hydrogen (secondary N) is 2. The van der Waals surface area contributed by atoms with E-state index >= 15 is 0 Å². The number of hydrogen-bond donors (Lipinski definition) is 2. The van der Waals surface area contributed by atoms with Crippen molar-refractivity contribution in [1.29, 1.82) is 0 Å². The van der Waals surface area contributed by atoms with Gasteiger partial charge in [-0.1, -0.05) is 39.7 Å². The average molecular weight is 377 g/mol. The molecule has 0 atom stereocenters. The third kappa shape index (κ3) is 4.15. The zero-order chi connectivity index (χ0) is 16.3. The first-order chi connectivity index (χ1) is 10.4. The smallest absolute Gasteiger partial charge is 0.257 e. The van der Waals surface area contributed by atoms with Crippen molar-refractivity contribution in [2.24, 2.45) is 0 Å². The van der Waals surface area contributed by atoms with Gasteiger partial charge in [-0.3, -0.25) is 10.1 Å². The molecule has 0 fully saturated rings. The number of rotatable bonds is 2. The topological polar surface area (TPSA) is 41.1 Å². The van der Waals surface area contributed by atoms with Gasteiger partial charge < -0.3 is 5.32 Å². The predicted octanol–water partition coefficient (Wildman–Crippen LogP) is 4.50. The van der Waals surface area contributed by atoms with Crippen molar-refractivity contribution in [3.05, 3.63) is 63.1 Å². The van der Waals surface area contributed by atoms with Gasteiger partial charge >= 0.3 is 0 Å². The lowest BCUT2D eigenvalue weighted by Gasteiger charge is -2.15. The lowest BCUT2D eigenvalue weighted by molar-refractivity contribution is 0.0977. The third-order valence-electron chi connectivity index (χ3n) is 3.23. The minimum atomic E-state index is -0.235. The molecule has 0 radical (unpaired) electrons. The molecule has 0 bridgehead atoms. The minimum absolute atomic E-state index is 0.235. The van der Waals surface area contributed by atoms with Gasteiger partial charge in [0.05, 0.1) is 0 Å². The van der Waals surface area contributed by atoms with Gasteiger partial charge in [-0.2, -0.15) is 0 Å². The van der Waals surface area contributed by atoms with Crippen LogP contribution in [0.2, 0.25) is 0 Å². The highest BCUT2D eigenvalue weighted by atomic mass is 79.9. The quantitative estimate of drug-likeness (QED) is 0.758. The molecule has 3 nitrogen and oxygen atoms in total. The molecular weight excluding hydrogens is 360 g/mol. The molecule has 5 heteroatoms. The van der Waals surface area contributed by atoms with Crippen LogP contribution in [-0.4, -0.2) is 11.0 Å². The lowest BCUT2D eigenvalue weighted by Crippen LogP contribution is -2.34. The van der Waals surface area contributed by atoms with E-state index in [1.165, 1.54) is 5.56 Å². The van der Waals surface area contributed by atoms with Gasteiger partial charge in [0, 0.05) is 15.7 Å². The summed E-state index contributed by atoms with van der Waals surface area (Å²) in [6.07, 6.45) is 0. The van der Waals surface area contributed by atoms with Gasteiger partial charge in [-0.15, -0.1) is 0 Å². The van der Waals surface area contributed by atoms with Crippen molar-refractivity contribution in [1.82, 2.24) is 5.32 Å². The van der Waals surface area contributed by atoms with Crippen LogP contribution in [0.1, 0.15) is 27.0 Å². The van der Waals surface area contributed by atoms with E-state index in [1.807, 2.05) is 26.0 Å². The molecule has 0 aromatic heterocycles. The monoisotopic (exact) mass is 376 g/mol. The van der Waals surface area contributed by atoms with Crippen LogP contribution < -0.4 is 10.6 Å². The molecule has 0 saturated heterocycles. The summed E-state index contributed by atoms with van der Waals surface area (Å²) in [5.74, 6) is -0.235. The Morgan fingerprint density at radius 3 is 2.32 bits per heavy atom. The maximum atomic E-state index is 12.2. The lowest BCUT2D eigenvalue weighted by atomic mass is 10.1. The molecule has 2 aromatic carbocycles. The number of hydrogen-bond acceptors (Lipinski definition) is 2.